The van der Waals surface area contributed by atoms with Crippen LogP contribution in [0, 0.1) is 11.6 Å². The lowest BCUT2D eigenvalue weighted by Crippen LogP contribution is -2.55. The summed E-state index contributed by atoms with van der Waals surface area (Å²) in [7, 11) is 1.24. The van der Waals surface area contributed by atoms with Gasteiger partial charge in [-0.2, -0.15) is 0 Å². The predicted molar refractivity (Wildman–Crippen MR) is 145 cm³/mol. The summed E-state index contributed by atoms with van der Waals surface area (Å²) in [5, 5.41) is 5.05. The van der Waals surface area contributed by atoms with E-state index >= 15 is 0 Å². The van der Waals surface area contributed by atoms with Crippen LogP contribution in [0.25, 0.3) is 11.3 Å². The molecule has 2 aromatic carbocycles. The minimum absolute atomic E-state index is 0.188. The van der Waals surface area contributed by atoms with Crippen LogP contribution >= 0.6 is 11.6 Å². The molecule has 14 heteroatoms. The lowest BCUT2D eigenvalue weighted by Gasteiger charge is -2.38. The van der Waals surface area contributed by atoms with Crippen molar-refractivity contribution in [3.63, 3.8) is 0 Å². The third-order valence-electron chi connectivity index (χ3n) is 6.94. The van der Waals surface area contributed by atoms with E-state index in [9.17, 15) is 28.0 Å². The van der Waals surface area contributed by atoms with Crippen LogP contribution in [0.3, 0.4) is 0 Å². The lowest BCUT2D eigenvalue weighted by atomic mass is 10.0. The number of methoxy groups -OCH3 is 1. The number of nitrogens with zero attached hydrogens (tertiary/aromatic N) is 3. The van der Waals surface area contributed by atoms with E-state index < -0.39 is 54.4 Å². The maximum Gasteiger partial charge on any atom is 0.411 e. The third kappa shape index (κ3) is 5.71. The lowest BCUT2D eigenvalue weighted by molar-refractivity contribution is -0.141. The Morgan fingerprint density at radius 3 is 2.71 bits per heavy atom. The van der Waals surface area contributed by atoms with Crippen LogP contribution in [0.15, 0.2) is 36.5 Å². The number of anilines is 3. The largest absolute Gasteiger partial charge is 0.453 e. The highest BCUT2D eigenvalue weighted by atomic mass is 35.5. The fourth-order valence-electron chi connectivity index (χ4n) is 4.93. The van der Waals surface area contributed by atoms with Gasteiger partial charge in [-0.25, -0.2) is 18.6 Å². The normalized spacial score (nSPS) is 17.8. The fraction of sp³-hybridized carbons (Fsp3) is 0.296. The number of nitrogens with one attached hydrogen (secondary N) is 3. The van der Waals surface area contributed by atoms with Crippen LogP contribution in [0.4, 0.5) is 30.6 Å². The van der Waals surface area contributed by atoms with E-state index in [0.717, 1.165) is 17.0 Å². The van der Waals surface area contributed by atoms with Gasteiger partial charge in [-0.3, -0.25) is 24.6 Å². The summed E-state index contributed by atoms with van der Waals surface area (Å²) in [6.07, 6.45) is 2.44. The second kappa shape index (κ2) is 11.5. The molecule has 3 heterocycles. The van der Waals surface area contributed by atoms with Gasteiger partial charge >= 0.3 is 6.09 Å². The summed E-state index contributed by atoms with van der Waals surface area (Å²) in [6.45, 7) is -1.02. The number of aromatic nitrogens is 2. The van der Waals surface area contributed by atoms with Crippen LogP contribution in [0.2, 0.25) is 5.02 Å². The van der Waals surface area contributed by atoms with Crippen LogP contribution in [0.1, 0.15) is 37.5 Å². The van der Waals surface area contributed by atoms with Gasteiger partial charge in [-0.15, -0.1) is 0 Å². The second-order valence-electron chi connectivity index (χ2n) is 9.56. The Morgan fingerprint density at radius 1 is 1.12 bits per heavy atom. The molecule has 3 aromatic rings. The first kappa shape index (κ1) is 28.0. The van der Waals surface area contributed by atoms with Crippen LogP contribution in [-0.4, -0.2) is 58.9 Å². The molecule has 41 heavy (non-hydrogen) atoms. The van der Waals surface area contributed by atoms with Gasteiger partial charge in [0, 0.05) is 17.7 Å². The highest BCUT2D eigenvalue weighted by Crippen LogP contribution is 2.35. The number of carbonyl (C=O) groups excluding carboxylic acids is 4. The maximum absolute atomic E-state index is 14.6. The molecule has 1 aromatic heterocycles. The van der Waals surface area contributed by atoms with Crippen molar-refractivity contribution in [3.8, 4) is 11.3 Å². The van der Waals surface area contributed by atoms with Gasteiger partial charge in [0.15, 0.2) is 5.82 Å². The molecule has 0 saturated carbocycles. The van der Waals surface area contributed by atoms with E-state index in [0.29, 0.717) is 47.7 Å². The SMILES string of the molecule is COC(=O)Nc1ccc2c(c1)NC(=O)CCCCC(N1CC(=O)N(c3c(F)ccc(Cl)c3F)CC1=O)c1ncc-2[nH]1. The Bertz CT molecular complexity index is 1550. The first-order valence-corrected chi connectivity index (χ1v) is 13.1. The number of amides is 4. The summed E-state index contributed by atoms with van der Waals surface area (Å²) in [6, 6.07) is 6.20. The Labute approximate surface area is 237 Å². The summed E-state index contributed by atoms with van der Waals surface area (Å²) >= 11 is 5.80. The van der Waals surface area contributed by atoms with E-state index in [1.807, 2.05) is 0 Å². The number of carbonyl (C=O) groups is 4. The average molecular weight is 587 g/mol. The molecule has 4 amide bonds. The second-order valence-corrected chi connectivity index (χ2v) is 9.97. The molecule has 11 nitrogen and oxygen atoms in total. The highest BCUT2D eigenvalue weighted by Gasteiger charge is 2.38. The van der Waals surface area contributed by atoms with Crippen LogP contribution in [0.5, 0.6) is 0 Å². The number of fused-ring (bicyclic) bond motifs is 4. The summed E-state index contributed by atoms with van der Waals surface area (Å²) in [4.78, 5) is 60.6. The molecule has 2 aliphatic heterocycles. The molecule has 0 spiro atoms. The van der Waals surface area contributed by atoms with Crippen molar-refractivity contribution in [3.05, 3.63) is 59.0 Å². The van der Waals surface area contributed by atoms with Crippen molar-refractivity contribution in [2.45, 2.75) is 31.7 Å². The number of halogens is 3. The van der Waals surface area contributed by atoms with Crippen molar-refractivity contribution in [2.24, 2.45) is 0 Å². The number of hydrogen-bond donors (Lipinski definition) is 3. The number of rotatable bonds is 3. The zero-order valence-electron chi connectivity index (χ0n) is 21.8. The van der Waals surface area contributed by atoms with E-state index in [1.54, 1.807) is 18.2 Å². The molecular formula is C27H25ClF2N6O5. The third-order valence-corrected chi connectivity index (χ3v) is 7.24. The van der Waals surface area contributed by atoms with Gasteiger partial charge in [0.1, 0.15) is 30.4 Å². The van der Waals surface area contributed by atoms with Gasteiger partial charge in [0.05, 0.1) is 35.8 Å². The number of ether oxygens (including phenoxy) is 1. The average Bonchev–Trinajstić information content (AvgIpc) is 3.42. The monoisotopic (exact) mass is 586 g/mol. The molecule has 3 N–H and O–H groups in total. The quantitative estimate of drug-likeness (QED) is 0.383. The summed E-state index contributed by atoms with van der Waals surface area (Å²) in [5.74, 6) is -3.18. The molecule has 2 bridgehead atoms. The van der Waals surface area contributed by atoms with E-state index in [4.69, 9.17) is 11.6 Å². The minimum Gasteiger partial charge on any atom is -0.453 e. The Morgan fingerprint density at radius 2 is 1.93 bits per heavy atom. The molecule has 1 fully saturated rings. The molecule has 5 rings (SSSR count). The number of H-pyrrole nitrogens is 1. The number of piperazine rings is 1. The molecule has 1 saturated heterocycles. The smallest absolute Gasteiger partial charge is 0.411 e. The van der Waals surface area contributed by atoms with Crippen molar-refractivity contribution < 1.29 is 32.7 Å². The molecular weight excluding hydrogens is 562 g/mol. The number of hydrogen-bond acceptors (Lipinski definition) is 6. The van der Waals surface area contributed by atoms with Gasteiger partial charge in [-0.05, 0) is 43.2 Å². The van der Waals surface area contributed by atoms with Crippen molar-refractivity contribution in [2.75, 3.05) is 35.7 Å². The van der Waals surface area contributed by atoms with Gasteiger partial charge in [0.2, 0.25) is 17.7 Å². The van der Waals surface area contributed by atoms with Crippen molar-refractivity contribution >= 4 is 52.5 Å². The molecule has 1 unspecified atom stereocenters. The van der Waals surface area contributed by atoms with Crippen molar-refractivity contribution in [1.29, 1.82) is 0 Å². The molecule has 1 atom stereocenters. The number of aromatic amines is 1. The Balaban J connectivity index is 1.46. The first-order valence-electron chi connectivity index (χ1n) is 12.7. The van der Waals surface area contributed by atoms with Crippen LogP contribution < -0.4 is 15.5 Å². The van der Waals surface area contributed by atoms with E-state index in [2.05, 4.69) is 25.3 Å². The standard InChI is InChI=1S/C27H25ClF2N6O5/c1-41-27(40)32-14-6-7-15-18(10-14)33-21(37)5-3-2-4-20(26-31-11-19(15)34-26)35-12-23(39)36(13-22(35)38)25-17(29)9-8-16(28)24(25)30/h6-11,20H,2-5,12-13H2,1H3,(H,31,34)(H,32,40)(H,33,37). The fourth-order valence-corrected chi connectivity index (χ4v) is 5.09. The topological polar surface area (TPSA) is 137 Å². The molecule has 0 radical (unpaired) electrons. The van der Waals surface area contributed by atoms with E-state index in [1.165, 1.54) is 18.2 Å². The zero-order chi connectivity index (χ0) is 29.3. The Kier molecular flexibility index (Phi) is 7.88. The summed E-state index contributed by atoms with van der Waals surface area (Å²) in [5.41, 5.74) is 1.24. The van der Waals surface area contributed by atoms with Crippen LogP contribution in [-0.2, 0) is 19.1 Å². The molecule has 2 aliphatic rings. The first-order chi connectivity index (χ1) is 19.7. The number of imidazole rings is 1. The van der Waals surface area contributed by atoms with Gasteiger partial charge in [0.25, 0.3) is 0 Å². The maximum atomic E-state index is 14.6. The minimum atomic E-state index is -1.12. The molecule has 0 aliphatic carbocycles. The molecule has 214 valence electrons. The Hall–Kier alpha value is -4.52. The van der Waals surface area contributed by atoms with E-state index in [-0.39, 0.29) is 17.4 Å². The highest BCUT2D eigenvalue weighted by molar-refractivity contribution is 6.31. The van der Waals surface area contributed by atoms with Gasteiger partial charge < -0.3 is 19.9 Å². The van der Waals surface area contributed by atoms with Crippen molar-refractivity contribution in [1.82, 2.24) is 14.9 Å². The predicted octanol–water partition coefficient (Wildman–Crippen LogP) is 4.62. The van der Waals surface area contributed by atoms with Gasteiger partial charge in [-0.1, -0.05) is 18.0 Å². The number of benzene rings is 2. The summed E-state index contributed by atoms with van der Waals surface area (Å²) < 4.78 is 33.8. The zero-order valence-corrected chi connectivity index (χ0v) is 22.6.